The summed E-state index contributed by atoms with van der Waals surface area (Å²) in [5.74, 6) is 0.273. The minimum absolute atomic E-state index is 0.189. The van der Waals surface area contributed by atoms with Gasteiger partial charge in [-0.2, -0.15) is 0 Å². The molecule has 1 aromatic heterocycles. The number of halogens is 1. The average molecular weight is 297 g/mol. The van der Waals surface area contributed by atoms with Crippen LogP contribution in [-0.4, -0.2) is 13.4 Å². The van der Waals surface area contributed by atoms with Crippen LogP contribution in [0.2, 0.25) is 0 Å². The zero-order valence-corrected chi connectivity index (χ0v) is 11.9. The number of anilines is 1. The van der Waals surface area contributed by atoms with Crippen molar-refractivity contribution in [3.8, 4) is 0 Å². The topological polar surface area (TPSA) is 59.1 Å². The van der Waals surface area contributed by atoms with E-state index in [-0.39, 0.29) is 10.8 Å². The van der Waals surface area contributed by atoms with Crippen molar-refractivity contribution in [2.45, 2.75) is 17.7 Å². The smallest absolute Gasteiger partial charge is 0.261 e. The third-order valence-corrected chi connectivity index (χ3v) is 4.32. The molecule has 1 heterocycles. The summed E-state index contributed by atoms with van der Waals surface area (Å²) in [7, 11) is -3.62. The Balaban J connectivity index is 2.35. The molecule has 19 heavy (non-hydrogen) atoms. The molecule has 0 unspecified atom stereocenters. The Morgan fingerprint density at radius 2 is 2.11 bits per heavy atom. The van der Waals surface area contributed by atoms with Crippen LogP contribution in [-0.2, 0) is 15.9 Å². The molecule has 0 fully saturated rings. The van der Waals surface area contributed by atoms with Gasteiger partial charge in [-0.1, -0.05) is 12.1 Å². The van der Waals surface area contributed by atoms with Gasteiger partial charge in [0.15, 0.2) is 0 Å². The summed E-state index contributed by atoms with van der Waals surface area (Å²) in [6, 6.07) is 8.28. The van der Waals surface area contributed by atoms with Crippen LogP contribution in [0.15, 0.2) is 47.6 Å². The van der Waals surface area contributed by atoms with Gasteiger partial charge in [0.25, 0.3) is 10.0 Å². The molecule has 6 heteroatoms. The Kier molecular flexibility index (Phi) is 4.07. The second kappa shape index (κ2) is 5.59. The van der Waals surface area contributed by atoms with E-state index in [1.807, 2.05) is 6.92 Å². The number of hydrogen-bond acceptors (Lipinski definition) is 3. The first-order valence-corrected chi connectivity index (χ1v) is 7.63. The van der Waals surface area contributed by atoms with Crippen molar-refractivity contribution in [1.29, 1.82) is 0 Å². The Hall–Kier alpha value is -1.59. The monoisotopic (exact) mass is 296 g/mol. The van der Waals surface area contributed by atoms with Crippen LogP contribution in [0.1, 0.15) is 11.1 Å². The highest BCUT2D eigenvalue weighted by Gasteiger charge is 2.15. The summed E-state index contributed by atoms with van der Waals surface area (Å²) in [6.07, 6.45) is 3.10. The molecule has 4 nitrogen and oxygen atoms in total. The fourth-order valence-electron chi connectivity index (χ4n) is 1.57. The zero-order valence-electron chi connectivity index (χ0n) is 10.3. The maximum atomic E-state index is 12.2. The van der Waals surface area contributed by atoms with Gasteiger partial charge < -0.3 is 0 Å². The fraction of sp³-hybridized carbons (Fsp3) is 0.154. The Bertz CT molecular complexity index is 687. The average Bonchev–Trinajstić information content (AvgIpc) is 2.41. The number of rotatable bonds is 4. The highest BCUT2D eigenvalue weighted by Crippen LogP contribution is 2.19. The maximum Gasteiger partial charge on any atom is 0.261 e. The van der Waals surface area contributed by atoms with E-state index in [9.17, 15) is 8.42 Å². The molecule has 100 valence electrons. The fourth-order valence-corrected chi connectivity index (χ4v) is 2.92. The van der Waals surface area contributed by atoms with E-state index in [4.69, 9.17) is 11.6 Å². The molecule has 2 aromatic rings. The van der Waals surface area contributed by atoms with E-state index in [1.165, 1.54) is 12.3 Å². The molecule has 0 saturated heterocycles. The summed E-state index contributed by atoms with van der Waals surface area (Å²) < 4.78 is 27.0. The molecule has 0 radical (unpaired) electrons. The quantitative estimate of drug-likeness (QED) is 0.883. The first-order valence-electron chi connectivity index (χ1n) is 5.61. The van der Waals surface area contributed by atoms with Crippen LogP contribution < -0.4 is 4.72 Å². The van der Waals surface area contributed by atoms with Gasteiger partial charge in [0.05, 0.1) is 16.8 Å². The van der Waals surface area contributed by atoms with Gasteiger partial charge in [-0.3, -0.25) is 9.71 Å². The first-order chi connectivity index (χ1) is 9.03. The van der Waals surface area contributed by atoms with Crippen molar-refractivity contribution in [3.63, 3.8) is 0 Å². The van der Waals surface area contributed by atoms with Gasteiger partial charge in [-0.15, -0.1) is 11.6 Å². The Morgan fingerprint density at radius 3 is 2.79 bits per heavy atom. The molecule has 0 aliphatic rings. The molecule has 2 rings (SSSR count). The molecule has 0 atom stereocenters. The maximum absolute atomic E-state index is 12.2. The SMILES string of the molecule is Cc1ccncc1NS(=O)(=O)c1cccc(CCl)c1. The van der Waals surface area contributed by atoms with Crippen molar-refractivity contribution in [1.82, 2.24) is 4.98 Å². The summed E-state index contributed by atoms with van der Waals surface area (Å²) in [4.78, 5) is 4.10. The lowest BCUT2D eigenvalue weighted by Crippen LogP contribution is -2.14. The van der Waals surface area contributed by atoms with Crippen molar-refractivity contribution >= 4 is 27.3 Å². The van der Waals surface area contributed by atoms with Gasteiger partial charge in [-0.05, 0) is 36.2 Å². The number of hydrogen-bond donors (Lipinski definition) is 1. The predicted octanol–water partition coefficient (Wildman–Crippen LogP) is 2.93. The van der Waals surface area contributed by atoms with Gasteiger partial charge in [0, 0.05) is 12.1 Å². The Morgan fingerprint density at radius 1 is 1.32 bits per heavy atom. The number of sulfonamides is 1. The lowest BCUT2D eigenvalue weighted by atomic mass is 10.2. The lowest BCUT2D eigenvalue weighted by molar-refractivity contribution is 0.601. The highest BCUT2D eigenvalue weighted by molar-refractivity contribution is 7.92. The molecule has 0 bridgehead atoms. The standard InChI is InChI=1S/C13H13ClN2O2S/c1-10-5-6-15-9-13(10)16-19(17,18)12-4-2-3-11(7-12)8-14/h2-7,9,16H,8H2,1H3. The van der Waals surface area contributed by atoms with Crippen molar-refractivity contribution in [3.05, 3.63) is 53.9 Å². The largest absolute Gasteiger partial charge is 0.278 e. The summed E-state index contributed by atoms with van der Waals surface area (Å²) >= 11 is 5.71. The summed E-state index contributed by atoms with van der Waals surface area (Å²) in [6.45, 7) is 1.81. The lowest BCUT2D eigenvalue weighted by Gasteiger charge is -2.10. The zero-order chi connectivity index (χ0) is 13.9. The van der Waals surface area contributed by atoms with E-state index in [1.54, 1.807) is 30.5 Å². The number of alkyl halides is 1. The van der Waals surface area contributed by atoms with Crippen LogP contribution in [0.3, 0.4) is 0 Å². The second-order valence-electron chi connectivity index (χ2n) is 4.08. The highest BCUT2D eigenvalue weighted by atomic mass is 35.5. The van der Waals surface area contributed by atoms with E-state index < -0.39 is 10.0 Å². The van der Waals surface area contributed by atoms with Crippen molar-refractivity contribution in [2.75, 3.05) is 4.72 Å². The third kappa shape index (κ3) is 3.24. The number of aryl methyl sites for hydroxylation is 1. The second-order valence-corrected chi connectivity index (χ2v) is 6.03. The van der Waals surface area contributed by atoms with E-state index in [2.05, 4.69) is 9.71 Å². The normalized spacial score (nSPS) is 11.3. The van der Waals surface area contributed by atoms with E-state index >= 15 is 0 Å². The first kappa shape index (κ1) is 13.8. The molecule has 1 aromatic carbocycles. The number of aromatic nitrogens is 1. The van der Waals surface area contributed by atoms with Crippen LogP contribution in [0.5, 0.6) is 0 Å². The van der Waals surface area contributed by atoms with Crippen molar-refractivity contribution < 1.29 is 8.42 Å². The molecule has 0 aliphatic carbocycles. The van der Waals surface area contributed by atoms with Gasteiger partial charge in [-0.25, -0.2) is 8.42 Å². The van der Waals surface area contributed by atoms with Crippen LogP contribution in [0, 0.1) is 6.92 Å². The van der Waals surface area contributed by atoms with E-state index in [0.717, 1.165) is 11.1 Å². The minimum atomic E-state index is -3.62. The number of nitrogens with zero attached hydrogens (tertiary/aromatic N) is 1. The molecule has 1 N–H and O–H groups in total. The predicted molar refractivity (Wildman–Crippen MR) is 75.8 cm³/mol. The number of benzene rings is 1. The summed E-state index contributed by atoms with van der Waals surface area (Å²) in [5.41, 5.74) is 2.04. The van der Waals surface area contributed by atoms with Crippen LogP contribution >= 0.6 is 11.6 Å². The molecular formula is C13H13ClN2O2S. The Labute approximate surface area is 117 Å². The minimum Gasteiger partial charge on any atom is -0.278 e. The van der Waals surface area contributed by atoms with Gasteiger partial charge in [0.1, 0.15) is 0 Å². The van der Waals surface area contributed by atoms with Gasteiger partial charge >= 0.3 is 0 Å². The molecular weight excluding hydrogens is 284 g/mol. The van der Waals surface area contributed by atoms with E-state index in [0.29, 0.717) is 5.69 Å². The summed E-state index contributed by atoms with van der Waals surface area (Å²) in [5, 5.41) is 0. The number of nitrogens with one attached hydrogen (secondary N) is 1. The van der Waals surface area contributed by atoms with Crippen molar-refractivity contribution in [2.24, 2.45) is 0 Å². The van der Waals surface area contributed by atoms with Crippen LogP contribution in [0.4, 0.5) is 5.69 Å². The number of pyridine rings is 1. The molecule has 0 aliphatic heterocycles. The van der Waals surface area contributed by atoms with Gasteiger partial charge in [0.2, 0.25) is 0 Å². The molecule has 0 saturated carbocycles. The van der Waals surface area contributed by atoms with Crippen LogP contribution in [0.25, 0.3) is 0 Å². The third-order valence-electron chi connectivity index (χ3n) is 2.65. The molecule has 0 spiro atoms. The molecule has 0 amide bonds.